The Kier molecular flexibility index (Phi) is 7.60. The number of hydrogen-bond acceptors (Lipinski definition) is 8. The number of nitrogens with one attached hydrogen (secondary N) is 3. The Morgan fingerprint density at radius 1 is 0.895 bits per heavy atom. The highest BCUT2D eigenvalue weighted by molar-refractivity contribution is 7.89. The summed E-state index contributed by atoms with van der Waals surface area (Å²) >= 11 is 0. The highest BCUT2D eigenvalue weighted by Gasteiger charge is 2.35. The molecule has 0 radical (unpaired) electrons. The average Bonchev–Trinajstić information content (AvgIpc) is 2.83. The van der Waals surface area contributed by atoms with Gasteiger partial charge in [0, 0.05) is 42.3 Å². The van der Waals surface area contributed by atoms with E-state index in [0.29, 0.717) is 23.5 Å². The van der Waals surface area contributed by atoms with Crippen LogP contribution in [0.1, 0.15) is 25.2 Å². The minimum atomic E-state index is -4.75. The molecule has 0 spiro atoms. The lowest BCUT2D eigenvalue weighted by atomic mass is 10.2. The summed E-state index contributed by atoms with van der Waals surface area (Å²) in [5.41, 5.74) is -0.186. The summed E-state index contributed by atoms with van der Waals surface area (Å²) < 4.78 is 69.6. The smallest absolute Gasteiger partial charge is 0.354 e. The molecular formula is C25H24F3N7O2S. The standard InChI is InChI=1S/C25H24F3N7O2S/c1-15(2)35-38(36,37)22-9-5-4-8-19(22)33-21-12-23(30-14-18(21)25(26,27)28)34-24-11-20(31-16(3)32-24)17-7-6-10-29-13-17/h4-15,35H,1-3H3,(H2,30,31,32,33,34). The number of aromatic nitrogens is 4. The Morgan fingerprint density at radius 3 is 2.34 bits per heavy atom. The zero-order valence-electron chi connectivity index (χ0n) is 20.6. The predicted molar refractivity (Wildman–Crippen MR) is 138 cm³/mol. The summed E-state index contributed by atoms with van der Waals surface area (Å²) in [5, 5.41) is 5.55. The molecule has 0 aliphatic heterocycles. The van der Waals surface area contributed by atoms with E-state index >= 15 is 0 Å². The molecule has 0 aliphatic rings. The van der Waals surface area contributed by atoms with Gasteiger partial charge in [0.25, 0.3) is 0 Å². The predicted octanol–water partition coefficient (Wildman–Crippen LogP) is 5.43. The van der Waals surface area contributed by atoms with Gasteiger partial charge in [0.15, 0.2) is 0 Å². The second kappa shape index (κ2) is 10.7. The molecular weight excluding hydrogens is 519 g/mol. The van der Waals surface area contributed by atoms with Gasteiger partial charge in [-0.15, -0.1) is 0 Å². The summed E-state index contributed by atoms with van der Waals surface area (Å²) in [6.07, 6.45) is -0.829. The molecule has 38 heavy (non-hydrogen) atoms. The van der Waals surface area contributed by atoms with E-state index < -0.39 is 27.8 Å². The zero-order valence-corrected chi connectivity index (χ0v) is 21.4. The van der Waals surface area contributed by atoms with Gasteiger partial charge in [-0.1, -0.05) is 12.1 Å². The van der Waals surface area contributed by atoms with E-state index in [0.717, 1.165) is 11.6 Å². The third kappa shape index (κ3) is 6.42. The maximum Gasteiger partial charge on any atom is 0.419 e. The van der Waals surface area contributed by atoms with E-state index in [1.807, 2.05) is 6.07 Å². The molecule has 4 aromatic rings. The zero-order chi connectivity index (χ0) is 27.5. The molecule has 0 unspecified atom stereocenters. The van der Waals surface area contributed by atoms with Crippen LogP contribution in [0.25, 0.3) is 11.3 Å². The van der Waals surface area contributed by atoms with Crippen molar-refractivity contribution in [2.45, 2.75) is 37.9 Å². The number of pyridine rings is 2. The van der Waals surface area contributed by atoms with E-state index in [1.165, 1.54) is 24.3 Å². The van der Waals surface area contributed by atoms with Crippen molar-refractivity contribution in [2.24, 2.45) is 0 Å². The molecule has 0 amide bonds. The Morgan fingerprint density at radius 2 is 1.66 bits per heavy atom. The minimum Gasteiger partial charge on any atom is -0.354 e. The summed E-state index contributed by atoms with van der Waals surface area (Å²) in [4.78, 5) is 16.5. The largest absolute Gasteiger partial charge is 0.419 e. The summed E-state index contributed by atoms with van der Waals surface area (Å²) in [5.74, 6) is 0.783. The second-order valence-electron chi connectivity index (χ2n) is 8.56. The molecule has 0 saturated carbocycles. The number of sulfonamides is 1. The highest BCUT2D eigenvalue weighted by Crippen LogP contribution is 2.38. The van der Waals surface area contributed by atoms with Crippen molar-refractivity contribution in [3.8, 4) is 11.3 Å². The SMILES string of the molecule is Cc1nc(Nc2cc(Nc3ccccc3S(=O)(=O)NC(C)C)c(C(F)(F)F)cn2)cc(-c2cccnc2)n1. The number of rotatable bonds is 8. The first-order valence-electron chi connectivity index (χ1n) is 11.4. The summed E-state index contributed by atoms with van der Waals surface area (Å²) in [6, 6.07) is 11.6. The number of para-hydroxylation sites is 1. The van der Waals surface area contributed by atoms with Gasteiger partial charge < -0.3 is 10.6 Å². The maximum atomic E-state index is 13.9. The van der Waals surface area contributed by atoms with Crippen molar-refractivity contribution >= 4 is 33.0 Å². The molecule has 0 saturated heterocycles. The van der Waals surface area contributed by atoms with E-state index in [4.69, 9.17) is 0 Å². The molecule has 13 heteroatoms. The van der Waals surface area contributed by atoms with Gasteiger partial charge in [-0.2, -0.15) is 13.2 Å². The molecule has 4 rings (SSSR count). The summed E-state index contributed by atoms with van der Waals surface area (Å²) in [7, 11) is -4.00. The van der Waals surface area contributed by atoms with Crippen LogP contribution >= 0.6 is 0 Å². The second-order valence-corrected chi connectivity index (χ2v) is 10.2. The lowest BCUT2D eigenvalue weighted by Gasteiger charge is -2.18. The maximum absolute atomic E-state index is 13.9. The van der Waals surface area contributed by atoms with Crippen LogP contribution in [0.2, 0.25) is 0 Å². The van der Waals surface area contributed by atoms with Gasteiger partial charge >= 0.3 is 6.18 Å². The number of benzene rings is 1. The van der Waals surface area contributed by atoms with Gasteiger partial charge in [0.05, 0.1) is 22.6 Å². The Bertz CT molecular complexity index is 1550. The van der Waals surface area contributed by atoms with Crippen molar-refractivity contribution < 1.29 is 21.6 Å². The van der Waals surface area contributed by atoms with E-state index in [-0.39, 0.29) is 22.1 Å². The molecule has 9 nitrogen and oxygen atoms in total. The van der Waals surface area contributed by atoms with Crippen molar-refractivity contribution in [2.75, 3.05) is 10.6 Å². The molecule has 198 valence electrons. The quantitative estimate of drug-likeness (QED) is 0.269. The van der Waals surface area contributed by atoms with E-state index in [1.54, 1.807) is 45.3 Å². The Labute approximate surface area is 217 Å². The molecule has 3 N–H and O–H groups in total. The van der Waals surface area contributed by atoms with Crippen molar-refractivity contribution in [1.82, 2.24) is 24.7 Å². The fraction of sp³-hybridized carbons (Fsp3) is 0.200. The molecule has 3 aromatic heterocycles. The van der Waals surface area contributed by atoms with Gasteiger partial charge in [0.1, 0.15) is 22.4 Å². The third-order valence-corrected chi connectivity index (χ3v) is 6.81. The van der Waals surface area contributed by atoms with Crippen molar-refractivity contribution in [3.05, 3.63) is 78.5 Å². The summed E-state index contributed by atoms with van der Waals surface area (Å²) in [6.45, 7) is 4.97. The highest BCUT2D eigenvalue weighted by atomic mass is 32.2. The molecule has 3 heterocycles. The molecule has 1 aromatic carbocycles. The van der Waals surface area contributed by atoms with E-state index in [9.17, 15) is 21.6 Å². The van der Waals surface area contributed by atoms with Crippen LogP contribution in [0, 0.1) is 6.92 Å². The van der Waals surface area contributed by atoms with Gasteiger partial charge in [-0.25, -0.2) is 28.1 Å². The number of alkyl halides is 3. The fourth-order valence-electron chi connectivity index (χ4n) is 3.60. The number of hydrogen-bond donors (Lipinski definition) is 3. The number of nitrogens with zero attached hydrogens (tertiary/aromatic N) is 4. The Balaban J connectivity index is 1.72. The molecule has 0 atom stereocenters. The first-order chi connectivity index (χ1) is 17.9. The van der Waals surface area contributed by atoms with E-state index in [2.05, 4.69) is 35.3 Å². The topological polar surface area (TPSA) is 122 Å². The van der Waals surface area contributed by atoms with Crippen LogP contribution in [0.15, 0.2) is 72.0 Å². The average molecular weight is 544 g/mol. The lowest BCUT2D eigenvalue weighted by Crippen LogP contribution is -2.30. The van der Waals surface area contributed by atoms with Crippen LogP contribution in [-0.4, -0.2) is 34.4 Å². The van der Waals surface area contributed by atoms with Crippen LogP contribution < -0.4 is 15.4 Å². The van der Waals surface area contributed by atoms with Crippen molar-refractivity contribution in [3.63, 3.8) is 0 Å². The number of halogens is 3. The molecule has 0 fully saturated rings. The van der Waals surface area contributed by atoms with Gasteiger partial charge in [-0.3, -0.25) is 4.98 Å². The van der Waals surface area contributed by atoms with Crippen LogP contribution in [0.5, 0.6) is 0 Å². The number of anilines is 4. The van der Waals surface area contributed by atoms with Gasteiger partial charge in [-0.05, 0) is 45.0 Å². The van der Waals surface area contributed by atoms with Crippen molar-refractivity contribution in [1.29, 1.82) is 0 Å². The first kappa shape index (κ1) is 26.9. The van der Waals surface area contributed by atoms with Crippen LogP contribution in [0.3, 0.4) is 0 Å². The monoisotopic (exact) mass is 543 g/mol. The first-order valence-corrected chi connectivity index (χ1v) is 12.9. The lowest BCUT2D eigenvalue weighted by molar-refractivity contribution is -0.137. The number of aryl methyl sites for hydroxylation is 1. The molecule has 0 aliphatic carbocycles. The normalized spacial score (nSPS) is 12.0. The fourth-order valence-corrected chi connectivity index (χ4v) is 5.02. The minimum absolute atomic E-state index is 0.0277. The van der Waals surface area contributed by atoms with Crippen LogP contribution in [-0.2, 0) is 16.2 Å². The van der Waals surface area contributed by atoms with Crippen LogP contribution in [0.4, 0.5) is 36.2 Å². The Hall–Kier alpha value is -4.10. The van der Waals surface area contributed by atoms with Gasteiger partial charge in [0.2, 0.25) is 10.0 Å². The molecule has 0 bridgehead atoms. The third-order valence-electron chi connectivity index (χ3n) is 5.10.